The summed E-state index contributed by atoms with van der Waals surface area (Å²) in [6, 6.07) is 3.54. The third kappa shape index (κ3) is 0.887. The minimum absolute atomic E-state index is 0.0138. The summed E-state index contributed by atoms with van der Waals surface area (Å²) in [6.45, 7) is 0. The summed E-state index contributed by atoms with van der Waals surface area (Å²) in [5.74, 6) is 0. The first-order valence-electron chi connectivity index (χ1n) is 2.09. The molecule has 4 nitrogen and oxygen atoms in total. The first-order valence-corrected chi connectivity index (χ1v) is 2.99. The topological polar surface area (TPSA) is 73.4 Å². The molecule has 0 unspecified atom stereocenters. The normalized spacial score (nSPS) is 7.78. The van der Waals surface area contributed by atoms with Crippen molar-refractivity contribution >= 4 is 8.51 Å². The summed E-state index contributed by atoms with van der Waals surface area (Å²) in [4.78, 5) is 0. The van der Waals surface area contributed by atoms with E-state index in [4.69, 9.17) is 10.5 Å². The summed E-state index contributed by atoms with van der Waals surface area (Å²) >= 11 is 0. The van der Waals surface area contributed by atoms with E-state index in [9.17, 15) is 0 Å². The van der Waals surface area contributed by atoms with Crippen LogP contribution in [0, 0.1) is 22.7 Å². The van der Waals surface area contributed by atoms with Crippen LogP contribution in [0.25, 0.3) is 0 Å². The van der Waals surface area contributed by atoms with Gasteiger partial charge in [0.1, 0.15) is 12.1 Å². The summed E-state index contributed by atoms with van der Waals surface area (Å²) in [7, 11) is 0.0138. The maximum Gasteiger partial charge on any atom is 0.182 e. The molecular weight excluding hydrogens is 135 g/mol. The molecule has 0 aliphatic heterocycles. The van der Waals surface area contributed by atoms with E-state index in [1.807, 2.05) is 0 Å². The Morgan fingerprint density at radius 2 is 1.56 bits per heavy atom. The van der Waals surface area contributed by atoms with Gasteiger partial charge in [-0.25, -0.2) is 9.49 Å². The average molecular weight is 136 g/mol. The van der Waals surface area contributed by atoms with Gasteiger partial charge in [-0.3, -0.25) is 0 Å². The molecule has 42 valence electrons. The molecule has 0 aliphatic rings. The largest absolute Gasteiger partial charge is 0.207 e. The van der Waals surface area contributed by atoms with Crippen LogP contribution < -0.4 is 0 Å². The Bertz CT molecular complexity index is 260. The smallest absolute Gasteiger partial charge is 0.182 e. The Hall–Kier alpha value is -1.38. The fourth-order valence-corrected chi connectivity index (χ4v) is 0.949. The van der Waals surface area contributed by atoms with Crippen molar-refractivity contribution in [3.63, 3.8) is 0 Å². The molecule has 1 aromatic heterocycles. The third-order valence-electron chi connectivity index (χ3n) is 0.760. The van der Waals surface area contributed by atoms with Crippen molar-refractivity contribution in [3.05, 3.63) is 11.4 Å². The molecule has 0 N–H and O–H groups in total. The first-order chi connectivity index (χ1) is 4.38. The van der Waals surface area contributed by atoms with E-state index in [2.05, 4.69) is 9.49 Å². The molecule has 0 fully saturated rings. The van der Waals surface area contributed by atoms with Crippen LogP contribution in [0.4, 0.5) is 0 Å². The Labute approximate surface area is 53.0 Å². The van der Waals surface area contributed by atoms with Crippen LogP contribution in [-0.2, 0) is 0 Å². The molecule has 1 aromatic rings. The van der Waals surface area contributed by atoms with Crippen molar-refractivity contribution in [1.29, 1.82) is 10.5 Å². The van der Waals surface area contributed by atoms with Gasteiger partial charge >= 0.3 is 0 Å². The summed E-state index contributed by atoms with van der Waals surface area (Å²) in [5, 5.41) is 16.5. The zero-order chi connectivity index (χ0) is 6.69. The molecule has 0 saturated carbocycles. The molecule has 0 radical (unpaired) electrons. The molecule has 5 heteroatoms. The second-order valence-electron chi connectivity index (χ2n) is 1.24. The number of hydrogen-bond donors (Lipinski definition) is 0. The highest BCUT2D eigenvalue weighted by atomic mass is 31.1. The van der Waals surface area contributed by atoms with E-state index in [0.29, 0.717) is 0 Å². The molecule has 0 atom stereocenters. The monoisotopic (exact) mass is 136 g/mol. The molecule has 1 heterocycles. The molecule has 0 aliphatic carbocycles. The molecule has 0 aromatic carbocycles. The maximum absolute atomic E-state index is 8.26. The highest BCUT2D eigenvalue weighted by Crippen LogP contribution is 2.04. The van der Waals surface area contributed by atoms with Crippen LogP contribution >= 0.6 is 8.51 Å². The van der Waals surface area contributed by atoms with Crippen molar-refractivity contribution in [3.8, 4) is 12.1 Å². The molecule has 0 bridgehead atoms. The van der Waals surface area contributed by atoms with Gasteiger partial charge in [-0.1, -0.05) is 0 Å². The lowest BCUT2D eigenvalue weighted by molar-refractivity contribution is 1.34. The van der Waals surface area contributed by atoms with Gasteiger partial charge in [0, 0.05) is 0 Å². The van der Waals surface area contributed by atoms with Crippen molar-refractivity contribution < 1.29 is 0 Å². The molecule has 0 saturated heterocycles. The van der Waals surface area contributed by atoms with Gasteiger partial charge in [0.2, 0.25) is 0 Å². The predicted molar refractivity (Wildman–Crippen MR) is 31.0 cm³/mol. The van der Waals surface area contributed by atoms with Crippen LogP contribution in [-0.4, -0.2) is 9.49 Å². The van der Waals surface area contributed by atoms with Gasteiger partial charge < -0.3 is 0 Å². The van der Waals surface area contributed by atoms with Gasteiger partial charge in [0.25, 0.3) is 0 Å². The summed E-state index contributed by atoms with van der Waals surface area (Å²) in [6.07, 6.45) is 0. The van der Waals surface area contributed by atoms with Crippen LogP contribution in [0.1, 0.15) is 11.4 Å². The van der Waals surface area contributed by atoms with Crippen molar-refractivity contribution in [2.75, 3.05) is 0 Å². The Morgan fingerprint density at radius 1 is 1.11 bits per heavy atom. The SMILES string of the molecule is N#Cc1n[pH]nc1C#N. The van der Waals surface area contributed by atoms with E-state index < -0.39 is 0 Å². The Kier molecular flexibility index (Phi) is 1.44. The van der Waals surface area contributed by atoms with E-state index in [-0.39, 0.29) is 19.9 Å². The van der Waals surface area contributed by atoms with Gasteiger partial charge in [0.15, 0.2) is 11.4 Å². The molecular formula is C4HN4P. The van der Waals surface area contributed by atoms with Crippen LogP contribution in [0.5, 0.6) is 0 Å². The van der Waals surface area contributed by atoms with Crippen LogP contribution in [0.3, 0.4) is 0 Å². The van der Waals surface area contributed by atoms with Gasteiger partial charge in [-0.15, -0.1) is 0 Å². The maximum atomic E-state index is 8.26. The highest BCUT2D eigenvalue weighted by Gasteiger charge is 2.01. The lowest BCUT2D eigenvalue weighted by Crippen LogP contribution is -1.77. The van der Waals surface area contributed by atoms with E-state index in [1.54, 1.807) is 12.1 Å². The van der Waals surface area contributed by atoms with Crippen molar-refractivity contribution in [2.24, 2.45) is 0 Å². The quantitative estimate of drug-likeness (QED) is 0.512. The van der Waals surface area contributed by atoms with E-state index >= 15 is 0 Å². The minimum atomic E-state index is 0.0138. The van der Waals surface area contributed by atoms with E-state index in [0.717, 1.165) is 0 Å². The molecule has 9 heavy (non-hydrogen) atoms. The predicted octanol–water partition coefficient (Wildman–Crippen LogP) is 0.251. The third-order valence-corrected chi connectivity index (χ3v) is 1.41. The van der Waals surface area contributed by atoms with Crippen molar-refractivity contribution in [2.45, 2.75) is 0 Å². The summed E-state index contributed by atoms with van der Waals surface area (Å²) < 4.78 is 7.33. The minimum Gasteiger partial charge on any atom is -0.207 e. The lowest BCUT2D eigenvalue weighted by atomic mass is 10.4. The van der Waals surface area contributed by atoms with E-state index in [1.165, 1.54) is 0 Å². The highest BCUT2D eigenvalue weighted by molar-refractivity contribution is 7.20. The number of nitrogens with zero attached hydrogens (tertiary/aromatic N) is 4. The molecule has 1 rings (SSSR count). The van der Waals surface area contributed by atoms with Gasteiger partial charge in [-0.05, 0) is 0 Å². The molecule has 0 amide bonds. The Morgan fingerprint density at radius 3 is 1.89 bits per heavy atom. The number of nitriles is 2. The summed E-state index contributed by atoms with van der Waals surface area (Å²) in [5.41, 5.74) is 0.326. The molecule has 0 spiro atoms. The second-order valence-corrected chi connectivity index (χ2v) is 1.89. The first kappa shape index (κ1) is 5.75. The zero-order valence-electron chi connectivity index (χ0n) is 4.29. The average Bonchev–Trinajstić information content (AvgIpc) is 2.33. The van der Waals surface area contributed by atoms with Crippen molar-refractivity contribution in [1.82, 2.24) is 9.49 Å². The second kappa shape index (κ2) is 2.26. The number of hydrogen-bond acceptors (Lipinski definition) is 4. The van der Waals surface area contributed by atoms with Crippen LogP contribution in [0.15, 0.2) is 0 Å². The van der Waals surface area contributed by atoms with Gasteiger partial charge in [0.05, 0.1) is 8.51 Å². The Balaban J connectivity index is 3.22. The number of rotatable bonds is 0. The fourth-order valence-electron chi connectivity index (χ4n) is 0.387. The standard InChI is InChI=1S/C4HN4P/c5-1-3-4(2-6)8-9-7-3/h9H. The lowest BCUT2D eigenvalue weighted by Gasteiger charge is -1.70. The number of aromatic nitrogens is 2. The van der Waals surface area contributed by atoms with Crippen LogP contribution in [0.2, 0.25) is 0 Å². The van der Waals surface area contributed by atoms with Gasteiger partial charge in [-0.2, -0.15) is 10.5 Å². The zero-order valence-corrected chi connectivity index (χ0v) is 5.29. The fraction of sp³-hybridized carbons (Fsp3) is 0.